The fourth-order valence-corrected chi connectivity index (χ4v) is 2.41. The molecule has 2 aromatic carbocycles. The summed E-state index contributed by atoms with van der Waals surface area (Å²) in [5.74, 6) is -0.0948. The summed E-state index contributed by atoms with van der Waals surface area (Å²) in [5, 5.41) is 6.65. The molecule has 0 fully saturated rings. The molecule has 2 aromatic rings. The highest BCUT2D eigenvalue weighted by molar-refractivity contribution is 6.30. The van der Waals surface area contributed by atoms with E-state index in [0.29, 0.717) is 10.7 Å². The molecule has 0 aliphatic heterocycles. The Bertz CT molecular complexity index is 640. The predicted octanol–water partition coefficient (Wildman–Crippen LogP) is 4.26. The van der Waals surface area contributed by atoms with Crippen LogP contribution >= 0.6 is 11.6 Å². The Morgan fingerprint density at radius 3 is 2.67 bits per heavy atom. The molecule has 0 heterocycles. The molecular formula is C17H19ClN2O. The Labute approximate surface area is 130 Å². The van der Waals surface area contributed by atoms with Crippen LogP contribution in [0.25, 0.3) is 0 Å². The maximum atomic E-state index is 12.0. The number of anilines is 2. The van der Waals surface area contributed by atoms with E-state index in [9.17, 15) is 4.79 Å². The summed E-state index contributed by atoms with van der Waals surface area (Å²) < 4.78 is 0. The van der Waals surface area contributed by atoms with Gasteiger partial charge in [-0.2, -0.15) is 0 Å². The Hall–Kier alpha value is -2.00. The number of carbonyl (C=O) groups is 1. The summed E-state index contributed by atoms with van der Waals surface area (Å²) in [7, 11) is 0. The van der Waals surface area contributed by atoms with Gasteiger partial charge in [0.2, 0.25) is 5.91 Å². The summed E-state index contributed by atoms with van der Waals surface area (Å²) in [6.07, 6.45) is 0.930. The van der Waals surface area contributed by atoms with Crippen molar-refractivity contribution >= 4 is 28.9 Å². The van der Waals surface area contributed by atoms with E-state index in [0.717, 1.165) is 17.7 Å². The highest BCUT2D eigenvalue weighted by Gasteiger charge is 2.07. The van der Waals surface area contributed by atoms with E-state index in [2.05, 4.69) is 23.6 Å². The van der Waals surface area contributed by atoms with Gasteiger partial charge in [0.1, 0.15) is 0 Å². The second kappa shape index (κ2) is 7.14. The summed E-state index contributed by atoms with van der Waals surface area (Å²) >= 11 is 5.89. The lowest BCUT2D eigenvalue weighted by Gasteiger charge is -2.14. The predicted molar refractivity (Wildman–Crippen MR) is 89.1 cm³/mol. The highest BCUT2D eigenvalue weighted by atomic mass is 35.5. The number of nitrogens with one attached hydrogen (secondary N) is 2. The minimum atomic E-state index is -0.0948. The zero-order valence-electron chi connectivity index (χ0n) is 12.2. The van der Waals surface area contributed by atoms with Crippen LogP contribution in [0.2, 0.25) is 5.02 Å². The van der Waals surface area contributed by atoms with Gasteiger partial charge in [0.15, 0.2) is 0 Å². The van der Waals surface area contributed by atoms with E-state index in [1.54, 1.807) is 12.1 Å². The van der Waals surface area contributed by atoms with Gasteiger partial charge in [-0.3, -0.25) is 4.79 Å². The van der Waals surface area contributed by atoms with Crippen molar-refractivity contribution in [3.63, 3.8) is 0 Å². The molecule has 2 rings (SSSR count). The van der Waals surface area contributed by atoms with Crippen LogP contribution in [0.3, 0.4) is 0 Å². The Morgan fingerprint density at radius 2 is 1.95 bits per heavy atom. The third-order valence-corrected chi connectivity index (χ3v) is 3.51. The third-order valence-electron chi connectivity index (χ3n) is 3.27. The SMILES string of the molecule is CCc1cccc(C)c1NCC(=O)Nc1cccc(Cl)c1. The number of halogens is 1. The summed E-state index contributed by atoms with van der Waals surface area (Å²) in [4.78, 5) is 12.0. The van der Waals surface area contributed by atoms with E-state index in [-0.39, 0.29) is 12.5 Å². The quantitative estimate of drug-likeness (QED) is 0.866. The molecule has 0 aromatic heterocycles. The molecule has 4 heteroatoms. The van der Waals surface area contributed by atoms with Gasteiger partial charge in [-0.05, 0) is 42.7 Å². The summed E-state index contributed by atoms with van der Waals surface area (Å²) in [6.45, 7) is 4.37. The summed E-state index contributed by atoms with van der Waals surface area (Å²) in [5.41, 5.74) is 4.10. The van der Waals surface area contributed by atoms with Gasteiger partial charge in [-0.15, -0.1) is 0 Å². The van der Waals surface area contributed by atoms with Crippen molar-refractivity contribution in [1.82, 2.24) is 0 Å². The van der Waals surface area contributed by atoms with Crippen LogP contribution in [0.1, 0.15) is 18.1 Å². The molecule has 110 valence electrons. The molecule has 0 radical (unpaired) electrons. The number of aryl methyl sites for hydroxylation is 2. The standard InChI is InChI=1S/C17H19ClN2O/c1-3-13-7-4-6-12(2)17(13)19-11-16(21)20-15-9-5-8-14(18)10-15/h4-10,19H,3,11H2,1-2H3,(H,20,21). The summed E-state index contributed by atoms with van der Waals surface area (Å²) in [6, 6.07) is 13.3. The van der Waals surface area contributed by atoms with E-state index < -0.39 is 0 Å². The maximum absolute atomic E-state index is 12.0. The van der Waals surface area contributed by atoms with Crippen LogP contribution in [0.4, 0.5) is 11.4 Å². The second-order valence-electron chi connectivity index (χ2n) is 4.87. The Kier molecular flexibility index (Phi) is 5.23. The first-order valence-corrected chi connectivity index (χ1v) is 7.35. The molecule has 0 aliphatic rings. The van der Waals surface area contributed by atoms with Gasteiger partial charge in [-0.25, -0.2) is 0 Å². The van der Waals surface area contributed by atoms with Gasteiger partial charge >= 0.3 is 0 Å². The van der Waals surface area contributed by atoms with Gasteiger partial charge in [0.25, 0.3) is 0 Å². The molecule has 21 heavy (non-hydrogen) atoms. The van der Waals surface area contributed by atoms with Crippen molar-refractivity contribution in [2.75, 3.05) is 17.2 Å². The van der Waals surface area contributed by atoms with Crippen LogP contribution in [-0.2, 0) is 11.2 Å². The first-order chi connectivity index (χ1) is 10.1. The number of hydrogen-bond acceptors (Lipinski definition) is 2. The van der Waals surface area contributed by atoms with Crippen molar-refractivity contribution < 1.29 is 4.79 Å². The molecule has 1 amide bonds. The number of benzene rings is 2. The average molecular weight is 303 g/mol. The molecule has 0 saturated heterocycles. The Balaban J connectivity index is 1.99. The number of amides is 1. The van der Waals surface area contributed by atoms with Crippen LogP contribution in [0.15, 0.2) is 42.5 Å². The molecular weight excluding hydrogens is 284 g/mol. The lowest BCUT2D eigenvalue weighted by Crippen LogP contribution is -2.22. The molecule has 0 spiro atoms. The van der Waals surface area contributed by atoms with E-state index in [4.69, 9.17) is 11.6 Å². The van der Waals surface area contributed by atoms with Crippen LogP contribution in [-0.4, -0.2) is 12.5 Å². The maximum Gasteiger partial charge on any atom is 0.243 e. The van der Waals surface area contributed by atoms with E-state index in [1.807, 2.05) is 31.2 Å². The van der Waals surface area contributed by atoms with Gasteiger partial charge in [0.05, 0.1) is 6.54 Å². The van der Waals surface area contributed by atoms with Crippen molar-refractivity contribution in [3.8, 4) is 0 Å². The van der Waals surface area contributed by atoms with Crippen LogP contribution < -0.4 is 10.6 Å². The normalized spacial score (nSPS) is 10.2. The largest absolute Gasteiger partial charge is 0.376 e. The molecule has 0 aliphatic carbocycles. The van der Waals surface area contributed by atoms with Gasteiger partial charge in [0, 0.05) is 16.4 Å². The number of hydrogen-bond donors (Lipinski definition) is 2. The molecule has 0 bridgehead atoms. The minimum absolute atomic E-state index is 0.0948. The van der Waals surface area contributed by atoms with E-state index >= 15 is 0 Å². The molecule has 3 nitrogen and oxygen atoms in total. The third kappa shape index (κ3) is 4.23. The zero-order chi connectivity index (χ0) is 15.2. The Morgan fingerprint density at radius 1 is 1.19 bits per heavy atom. The lowest BCUT2D eigenvalue weighted by molar-refractivity contribution is -0.114. The van der Waals surface area contributed by atoms with Gasteiger partial charge in [-0.1, -0.05) is 42.8 Å². The van der Waals surface area contributed by atoms with Crippen molar-refractivity contribution in [3.05, 3.63) is 58.6 Å². The van der Waals surface area contributed by atoms with Crippen molar-refractivity contribution in [1.29, 1.82) is 0 Å². The topological polar surface area (TPSA) is 41.1 Å². The van der Waals surface area contributed by atoms with Crippen LogP contribution in [0, 0.1) is 6.92 Å². The second-order valence-corrected chi connectivity index (χ2v) is 5.31. The monoisotopic (exact) mass is 302 g/mol. The molecule has 0 saturated carbocycles. The van der Waals surface area contributed by atoms with Crippen molar-refractivity contribution in [2.45, 2.75) is 20.3 Å². The van der Waals surface area contributed by atoms with Gasteiger partial charge < -0.3 is 10.6 Å². The average Bonchev–Trinajstić information content (AvgIpc) is 2.45. The smallest absolute Gasteiger partial charge is 0.243 e. The molecule has 2 N–H and O–H groups in total. The highest BCUT2D eigenvalue weighted by Crippen LogP contribution is 2.21. The number of rotatable bonds is 5. The lowest BCUT2D eigenvalue weighted by atomic mass is 10.1. The first kappa shape index (κ1) is 15.4. The van der Waals surface area contributed by atoms with Crippen LogP contribution in [0.5, 0.6) is 0 Å². The molecule has 0 atom stereocenters. The van der Waals surface area contributed by atoms with E-state index in [1.165, 1.54) is 5.56 Å². The number of para-hydroxylation sites is 1. The fraction of sp³-hybridized carbons (Fsp3) is 0.235. The molecule has 0 unspecified atom stereocenters. The first-order valence-electron chi connectivity index (χ1n) is 6.98. The number of carbonyl (C=O) groups excluding carboxylic acids is 1. The fourth-order valence-electron chi connectivity index (χ4n) is 2.22. The van der Waals surface area contributed by atoms with Crippen molar-refractivity contribution in [2.24, 2.45) is 0 Å². The zero-order valence-corrected chi connectivity index (χ0v) is 13.0. The minimum Gasteiger partial charge on any atom is -0.376 e.